The van der Waals surface area contributed by atoms with Crippen LogP contribution in [0.2, 0.25) is 0 Å². The molecular weight excluding hydrogens is 506 g/mol. The number of carboxylic acids is 1. The minimum Gasteiger partial charge on any atom is -0.480 e. The first-order valence-electron chi connectivity index (χ1n) is 16.2. The highest BCUT2D eigenvalue weighted by Gasteiger charge is 2.16. The fourth-order valence-electron chi connectivity index (χ4n) is 4.70. The van der Waals surface area contributed by atoms with Crippen molar-refractivity contribution in [1.29, 1.82) is 0 Å². The SMILES string of the molecule is C=O.CCCCCCCCCCCCCCCCN[C@@H](CCCOCNCCCC[C@H](N)C(=O)C(C)C)C(=O)O.[HH].[HH].[HH].[HH]. The maximum absolute atomic E-state index is 11.8. The van der Waals surface area contributed by atoms with E-state index in [0.29, 0.717) is 19.8 Å². The summed E-state index contributed by atoms with van der Waals surface area (Å²) in [6.07, 6.45) is 22.5. The topological polar surface area (TPSA) is 131 Å². The maximum atomic E-state index is 11.8. The third kappa shape index (κ3) is 28.2. The zero-order valence-corrected chi connectivity index (χ0v) is 26.4. The van der Waals surface area contributed by atoms with Gasteiger partial charge in [0.1, 0.15) is 12.8 Å². The minimum atomic E-state index is -0.775. The Balaban J connectivity index is -0.000000588. The average Bonchev–Trinajstić information content (AvgIpc) is 2.95. The second-order valence-corrected chi connectivity index (χ2v) is 11.3. The van der Waals surface area contributed by atoms with Gasteiger partial charge < -0.3 is 25.7 Å². The number of ether oxygens (including phenoxy) is 1. The summed E-state index contributed by atoms with van der Waals surface area (Å²) in [7, 11) is 0. The Bertz CT molecular complexity index is 582. The number of aliphatic carboxylic acids is 1. The molecule has 0 aliphatic carbocycles. The number of hydrogen-bond donors (Lipinski definition) is 4. The molecule has 5 N–H and O–H groups in total. The lowest BCUT2D eigenvalue weighted by Gasteiger charge is -2.15. The van der Waals surface area contributed by atoms with Gasteiger partial charge in [-0.05, 0) is 45.2 Å². The Morgan fingerprint density at radius 1 is 0.775 bits per heavy atom. The molecule has 0 fully saturated rings. The molecule has 246 valence electrons. The Kier molecular flexibility index (Phi) is 32.8. The number of hydrogen-bond acceptors (Lipinski definition) is 7. The van der Waals surface area contributed by atoms with E-state index in [1.54, 1.807) is 0 Å². The second kappa shape index (κ2) is 32.2. The first kappa shape index (κ1) is 40.8. The van der Waals surface area contributed by atoms with Gasteiger partial charge in [0.25, 0.3) is 0 Å². The minimum absolute atomic E-state index is 0. The molecular formula is C32H73N3O5. The van der Waals surface area contributed by atoms with E-state index in [1.165, 1.54) is 83.5 Å². The first-order chi connectivity index (χ1) is 19.4. The van der Waals surface area contributed by atoms with Crippen molar-refractivity contribution in [2.24, 2.45) is 11.7 Å². The Morgan fingerprint density at radius 3 is 1.77 bits per heavy atom. The van der Waals surface area contributed by atoms with Gasteiger partial charge in [-0.3, -0.25) is 14.9 Å². The molecule has 0 bridgehead atoms. The lowest BCUT2D eigenvalue weighted by Crippen LogP contribution is -2.37. The standard InChI is InChI=1S/C31H63N3O4.CH2O.4H2/c1-4-5-6-7-8-9-10-11-12-13-14-15-16-18-24-34-29(31(36)37)22-20-25-38-26-33-23-19-17-21-28(32)30(35)27(2)3;1-2;;;;/h27-29,33-34H,4-26,32H2,1-3H3,(H,36,37);1H2;4*1H/t28-,29-;;;;;/m0...../s1. The van der Waals surface area contributed by atoms with Gasteiger partial charge in [0.2, 0.25) is 0 Å². The number of rotatable bonds is 30. The number of Topliss-reactive ketones (excluding diaryl/α,β-unsaturated/α-hetero) is 1. The quantitative estimate of drug-likeness (QED) is 0.0512. The summed E-state index contributed by atoms with van der Waals surface area (Å²) in [5.41, 5.74) is 5.91. The largest absolute Gasteiger partial charge is 0.480 e. The predicted octanol–water partition coefficient (Wildman–Crippen LogP) is 7.38. The molecule has 0 heterocycles. The third-order valence-electron chi connectivity index (χ3n) is 7.26. The highest BCUT2D eigenvalue weighted by atomic mass is 16.5. The molecule has 0 saturated heterocycles. The molecule has 0 aromatic rings. The molecule has 0 radical (unpaired) electrons. The van der Waals surface area contributed by atoms with Crippen molar-refractivity contribution < 1.29 is 29.9 Å². The normalized spacial score (nSPS) is 12.6. The molecule has 0 aliphatic heterocycles. The van der Waals surface area contributed by atoms with Crippen molar-refractivity contribution in [3.05, 3.63) is 0 Å². The van der Waals surface area contributed by atoms with Gasteiger partial charge in [0.15, 0.2) is 5.78 Å². The van der Waals surface area contributed by atoms with Crippen LogP contribution in [0.15, 0.2) is 0 Å². The molecule has 8 heteroatoms. The Morgan fingerprint density at radius 2 is 1.27 bits per heavy atom. The monoisotopic (exact) mass is 580 g/mol. The Hall–Kier alpha value is -1.35. The van der Waals surface area contributed by atoms with Crippen molar-refractivity contribution >= 4 is 18.5 Å². The van der Waals surface area contributed by atoms with Crippen LogP contribution in [-0.4, -0.2) is 62.2 Å². The number of ketones is 1. The molecule has 0 aromatic carbocycles. The van der Waals surface area contributed by atoms with Gasteiger partial charge in [-0.2, -0.15) is 0 Å². The van der Waals surface area contributed by atoms with E-state index in [-0.39, 0.29) is 23.4 Å². The van der Waals surface area contributed by atoms with Crippen molar-refractivity contribution in [2.45, 2.75) is 155 Å². The maximum Gasteiger partial charge on any atom is 0.320 e. The molecule has 0 rings (SSSR count). The summed E-state index contributed by atoms with van der Waals surface area (Å²) in [6, 6.07) is -0.845. The van der Waals surface area contributed by atoms with E-state index in [2.05, 4.69) is 17.6 Å². The van der Waals surface area contributed by atoms with Crippen molar-refractivity contribution in [3.63, 3.8) is 0 Å². The van der Waals surface area contributed by atoms with Crippen LogP contribution in [0.4, 0.5) is 0 Å². The summed E-state index contributed by atoms with van der Waals surface area (Å²) in [5, 5.41) is 15.9. The molecule has 0 amide bonds. The molecule has 0 aliphatic rings. The van der Waals surface area contributed by atoms with Crippen molar-refractivity contribution in [2.75, 3.05) is 26.4 Å². The summed E-state index contributed by atoms with van der Waals surface area (Å²) >= 11 is 0. The van der Waals surface area contributed by atoms with Crippen LogP contribution in [0.1, 0.15) is 148 Å². The summed E-state index contributed by atoms with van der Waals surface area (Å²) in [5.74, 6) is -0.644. The van der Waals surface area contributed by atoms with Gasteiger partial charge >= 0.3 is 5.97 Å². The van der Waals surface area contributed by atoms with Crippen LogP contribution >= 0.6 is 0 Å². The molecule has 40 heavy (non-hydrogen) atoms. The number of carboxylic acid groups (broad SMARTS) is 1. The van der Waals surface area contributed by atoms with E-state index < -0.39 is 12.0 Å². The van der Waals surface area contributed by atoms with E-state index in [9.17, 15) is 14.7 Å². The number of nitrogens with two attached hydrogens (primary N) is 1. The average molecular weight is 580 g/mol. The fraction of sp³-hybridized carbons (Fsp3) is 0.906. The number of nitrogens with one attached hydrogen (secondary N) is 2. The lowest BCUT2D eigenvalue weighted by molar-refractivity contribution is -0.139. The van der Waals surface area contributed by atoms with Crippen molar-refractivity contribution in [1.82, 2.24) is 10.6 Å². The zero-order valence-electron chi connectivity index (χ0n) is 26.4. The van der Waals surface area contributed by atoms with Crippen LogP contribution in [0.25, 0.3) is 0 Å². The van der Waals surface area contributed by atoms with Crippen LogP contribution in [-0.2, 0) is 19.1 Å². The van der Waals surface area contributed by atoms with Crippen molar-refractivity contribution in [3.8, 4) is 0 Å². The predicted molar refractivity (Wildman–Crippen MR) is 175 cm³/mol. The second-order valence-electron chi connectivity index (χ2n) is 11.3. The van der Waals surface area contributed by atoms with E-state index in [1.807, 2.05) is 20.6 Å². The van der Waals surface area contributed by atoms with Crippen LogP contribution in [0.5, 0.6) is 0 Å². The Labute approximate surface area is 252 Å². The van der Waals surface area contributed by atoms with Gasteiger partial charge in [-0.25, -0.2) is 0 Å². The highest BCUT2D eigenvalue weighted by molar-refractivity contribution is 5.85. The lowest BCUT2D eigenvalue weighted by atomic mass is 9.98. The van der Waals surface area contributed by atoms with Crippen LogP contribution in [0.3, 0.4) is 0 Å². The first-order valence-corrected chi connectivity index (χ1v) is 16.2. The van der Waals surface area contributed by atoms with Gasteiger partial charge in [0.05, 0.1) is 12.8 Å². The summed E-state index contributed by atoms with van der Waals surface area (Å²) in [4.78, 5) is 31.3. The molecule has 0 spiro atoms. The molecule has 0 aromatic heterocycles. The van der Waals surface area contributed by atoms with Gasteiger partial charge in [-0.15, -0.1) is 0 Å². The third-order valence-corrected chi connectivity index (χ3v) is 7.26. The molecule has 0 unspecified atom stereocenters. The number of carbonyl (C=O) groups excluding carboxylic acids is 2. The summed E-state index contributed by atoms with van der Waals surface area (Å²) in [6.45, 7) is 10.6. The molecule has 0 saturated carbocycles. The fourth-order valence-corrected chi connectivity index (χ4v) is 4.70. The van der Waals surface area contributed by atoms with E-state index >= 15 is 0 Å². The van der Waals surface area contributed by atoms with E-state index in [0.717, 1.165) is 45.2 Å². The zero-order chi connectivity index (χ0) is 30.3. The smallest absolute Gasteiger partial charge is 0.320 e. The summed E-state index contributed by atoms with van der Waals surface area (Å²) < 4.78 is 5.58. The number of unbranched alkanes of at least 4 members (excludes halogenated alkanes) is 14. The van der Waals surface area contributed by atoms with Gasteiger partial charge in [-0.1, -0.05) is 111 Å². The number of carbonyl (C=O) groups is 3. The van der Waals surface area contributed by atoms with Crippen LogP contribution < -0.4 is 16.4 Å². The molecule has 2 atom stereocenters. The van der Waals surface area contributed by atoms with Gasteiger partial charge in [0, 0.05) is 18.2 Å². The van der Waals surface area contributed by atoms with Crippen LogP contribution in [0, 0.1) is 5.92 Å². The highest BCUT2D eigenvalue weighted by Crippen LogP contribution is 2.13. The molecule has 8 nitrogen and oxygen atoms in total. The van der Waals surface area contributed by atoms with E-state index in [4.69, 9.17) is 15.3 Å².